The second kappa shape index (κ2) is 11.7. The molecule has 1 saturated carbocycles. The number of nitrogens with zero attached hydrogens (tertiary/aromatic N) is 2. The highest BCUT2D eigenvalue weighted by molar-refractivity contribution is 9.10. The highest BCUT2D eigenvalue weighted by atomic mass is 79.9. The molecule has 43 heavy (non-hydrogen) atoms. The molecular weight excluding hydrogens is 669 g/mol. The summed E-state index contributed by atoms with van der Waals surface area (Å²) in [5.74, 6) is -2.42. The Kier molecular flexibility index (Phi) is 8.25. The largest absolute Gasteiger partial charge is 0.395 e. The summed E-state index contributed by atoms with van der Waals surface area (Å²) in [6.07, 6.45) is 2.12. The fraction of sp³-hybridized carbons (Fsp3) is 0.367. The minimum atomic E-state index is -1.35. The third-order valence-electron chi connectivity index (χ3n) is 8.88. The van der Waals surface area contributed by atoms with Gasteiger partial charge in [0.1, 0.15) is 17.2 Å². The van der Waals surface area contributed by atoms with Crippen molar-refractivity contribution in [2.75, 3.05) is 18.5 Å². The zero-order chi connectivity index (χ0) is 30.6. The summed E-state index contributed by atoms with van der Waals surface area (Å²) in [5.41, 5.74) is -0.0543. The average molecular weight is 696 g/mol. The van der Waals surface area contributed by atoms with Crippen LogP contribution in [0.25, 0.3) is 0 Å². The quantitative estimate of drug-likeness (QED) is 0.191. The predicted molar refractivity (Wildman–Crippen MR) is 162 cm³/mol. The number of likely N-dealkylation sites (tertiary alicyclic amines) is 1. The number of nitro groups is 1. The molecule has 4 atom stereocenters. The van der Waals surface area contributed by atoms with Crippen LogP contribution in [0.15, 0.2) is 53.0 Å². The predicted octanol–water partition coefficient (Wildman–Crippen LogP) is 6.20. The summed E-state index contributed by atoms with van der Waals surface area (Å²) in [4.78, 5) is 27.5. The van der Waals surface area contributed by atoms with Crippen LogP contribution < -0.4 is 10.6 Å². The van der Waals surface area contributed by atoms with Crippen molar-refractivity contribution in [1.82, 2.24) is 10.2 Å². The molecule has 1 spiro atoms. The van der Waals surface area contributed by atoms with Gasteiger partial charge in [0.15, 0.2) is 0 Å². The van der Waals surface area contributed by atoms with E-state index in [0.717, 1.165) is 24.5 Å². The van der Waals surface area contributed by atoms with E-state index in [0.29, 0.717) is 23.2 Å². The van der Waals surface area contributed by atoms with E-state index in [-0.39, 0.29) is 46.1 Å². The summed E-state index contributed by atoms with van der Waals surface area (Å²) < 4.78 is 30.3. The Morgan fingerprint density at radius 2 is 1.95 bits per heavy atom. The van der Waals surface area contributed by atoms with Crippen LogP contribution in [0.2, 0.25) is 10.0 Å². The Hall–Kier alpha value is -2.67. The van der Waals surface area contributed by atoms with Crippen molar-refractivity contribution in [3.8, 4) is 0 Å². The zero-order valence-electron chi connectivity index (χ0n) is 22.6. The van der Waals surface area contributed by atoms with Crippen molar-refractivity contribution in [3.05, 3.63) is 101 Å². The van der Waals surface area contributed by atoms with E-state index >= 15 is 4.39 Å². The first-order chi connectivity index (χ1) is 20.5. The highest BCUT2D eigenvalue weighted by Gasteiger charge is 2.65. The number of carbonyl (C=O) groups excluding carboxylic acids is 1. The van der Waals surface area contributed by atoms with Crippen LogP contribution in [-0.4, -0.2) is 51.6 Å². The van der Waals surface area contributed by atoms with Gasteiger partial charge >= 0.3 is 0 Å². The summed E-state index contributed by atoms with van der Waals surface area (Å²) in [5, 5.41) is 29.3. The number of benzene rings is 3. The third kappa shape index (κ3) is 5.34. The molecule has 0 unspecified atom stereocenters. The first-order valence-corrected chi connectivity index (χ1v) is 15.4. The molecule has 13 heteroatoms. The van der Waals surface area contributed by atoms with Crippen molar-refractivity contribution in [2.24, 2.45) is 5.92 Å². The Morgan fingerprint density at radius 3 is 2.65 bits per heavy atom. The molecule has 1 amide bonds. The van der Waals surface area contributed by atoms with Gasteiger partial charge in [0.05, 0.1) is 27.1 Å². The minimum absolute atomic E-state index is 0.0474. The van der Waals surface area contributed by atoms with Crippen LogP contribution in [0.5, 0.6) is 0 Å². The van der Waals surface area contributed by atoms with Gasteiger partial charge in [-0.25, -0.2) is 8.78 Å². The molecule has 2 fully saturated rings. The van der Waals surface area contributed by atoms with Crippen LogP contribution >= 0.6 is 39.1 Å². The second-order valence-corrected chi connectivity index (χ2v) is 13.1. The molecule has 1 aliphatic carbocycles. The molecule has 3 aromatic rings. The number of fused-ring (bicyclic) bond motifs is 1. The molecule has 1 saturated heterocycles. The van der Waals surface area contributed by atoms with Gasteiger partial charge in [0, 0.05) is 53.8 Å². The molecule has 0 aromatic heterocycles. The highest BCUT2D eigenvalue weighted by Crippen LogP contribution is 2.53. The van der Waals surface area contributed by atoms with Crippen LogP contribution in [0.1, 0.15) is 35.4 Å². The van der Waals surface area contributed by atoms with Crippen molar-refractivity contribution in [2.45, 2.75) is 49.3 Å². The monoisotopic (exact) mass is 694 g/mol. The molecular formula is C30H27BrCl2F2N4O4. The standard InChI is InChI=1S/C30H27BrCl2F2N4O4/c31-20-8-17(24(39(42)43)10-22(20)34)12-36-28-25(14-40)38(13-15-4-5-15)30(26(28)19-2-1-3-21(33)27(19)35)11-16-6-7-18(32)9-23(16)37-29(30)41/h1-3,6-10,15,25-26,28,36,40H,4-5,11-14H2,(H,37,41)/t25-,26-,28+,30+/m0/s1. The molecule has 3 aliphatic rings. The molecule has 8 nitrogen and oxygen atoms in total. The van der Waals surface area contributed by atoms with E-state index in [1.807, 2.05) is 11.0 Å². The van der Waals surface area contributed by atoms with E-state index in [1.54, 1.807) is 24.3 Å². The van der Waals surface area contributed by atoms with Crippen LogP contribution in [0.3, 0.4) is 0 Å². The first kappa shape index (κ1) is 30.4. The van der Waals surface area contributed by atoms with Crippen LogP contribution in [0.4, 0.5) is 20.2 Å². The maximum atomic E-state index is 16.0. The number of nitrogens with one attached hydrogen (secondary N) is 2. The van der Waals surface area contributed by atoms with Crippen molar-refractivity contribution in [1.29, 1.82) is 0 Å². The van der Waals surface area contributed by atoms with Crippen molar-refractivity contribution < 1.29 is 23.6 Å². The maximum Gasteiger partial charge on any atom is 0.276 e. The normalized spacial score (nSPS) is 25.2. The number of halogens is 5. The number of hydrogen-bond donors (Lipinski definition) is 3. The maximum absolute atomic E-state index is 16.0. The SMILES string of the molecule is O=C1Nc2cc(Cl)ccc2C[C@@]12[C@@H](c1cccc(Cl)c1F)[C@H](NCc1cc(Br)c(F)cc1[N+](=O)[O-])[C@H](CO)N2CC1CC1. The number of rotatable bonds is 8. The van der Waals surface area contributed by atoms with Gasteiger partial charge < -0.3 is 15.7 Å². The first-order valence-electron chi connectivity index (χ1n) is 13.8. The Labute approximate surface area is 264 Å². The van der Waals surface area contributed by atoms with Gasteiger partial charge in [-0.15, -0.1) is 0 Å². The second-order valence-electron chi connectivity index (χ2n) is 11.4. The van der Waals surface area contributed by atoms with Gasteiger partial charge in [-0.1, -0.05) is 41.4 Å². The third-order valence-corrected chi connectivity index (χ3v) is 10.0. The lowest BCUT2D eigenvalue weighted by Crippen LogP contribution is -2.61. The average Bonchev–Trinajstić information content (AvgIpc) is 3.75. The van der Waals surface area contributed by atoms with E-state index in [9.17, 15) is 24.4 Å². The van der Waals surface area contributed by atoms with E-state index in [4.69, 9.17) is 23.2 Å². The molecule has 0 radical (unpaired) electrons. The molecule has 2 heterocycles. The molecule has 3 N–H and O–H groups in total. The summed E-state index contributed by atoms with van der Waals surface area (Å²) in [6.45, 7) is -0.00231. The van der Waals surface area contributed by atoms with Crippen LogP contribution in [0, 0.1) is 27.7 Å². The van der Waals surface area contributed by atoms with Crippen molar-refractivity contribution >= 4 is 56.4 Å². The van der Waals surface area contributed by atoms with Gasteiger partial charge in [-0.05, 0) is 70.1 Å². The van der Waals surface area contributed by atoms with E-state index in [2.05, 4.69) is 26.6 Å². The fourth-order valence-electron chi connectivity index (χ4n) is 6.76. The van der Waals surface area contributed by atoms with Gasteiger partial charge in [0.2, 0.25) is 5.91 Å². The lowest BCUT2D eigenvalue weighted by molar-refractivity contribution is -0.385. The Morgan fingerprint density at radius 1 is 1.19 bits per heavy atom. The number of hydrogen-bond acceptors (Lipinski definition) is 6. The lowest BCUT2D eigenvalue weighted by Gasteiger charge is -2.45. The molecule has 3 aromatic carbocycles. The fourth-order valence-corrected chi connectivity index (χ4v) is 7.51. The molecule has 6 rings (SSSR count). The lowest BCUT2D eigenvalue weighted by atomic mass is 9.71. The topological polar surface area (TPSA) is 108 Å². The number of aliphatic hydroxyl groups excluding tert-OH is 1. The molecule has 226 valence electrons. The molecule has 0 bridgehead atoms. The Bertz CT molecular complexity index is 1630. The number of aliphatic hydroxyl groups is 1. The summed E-state index contributed by atoms with van der Waals surface area (Å²) in [6, 6.07) is 10.6. The number of carbonyl (C=O) groups is 1. The van der Waals surface area contributed by atoms with Crippen LogP contribution in [-0.2, 0) is 17.8 Å². The van der Waals surface area contributed by atoms with E-state index in [1.165, 1.54) is 12.1 Å². The van der Waals surface area contributed by atoms with Gasteiger partial charge in [-0.2, -0.15) is 0 Å². The zero-order valence-corrected chi connectivity index (χ0v) is 25.7. The minimum Gasteiger partial charge on any atom is -0.395 e. The number of amides is 1. The summed E-state index contributed by atoms with van der Waals surface area (Å²) >= 11 is 15.6. The summed E-state index contributed by atoms with van der Waals surface area (Å²) in [7, 11) is 0. The number of anilines is 1. The van der Waals surface area contributed by atoms with Gasteiger partial charge in [0.25, 0.3) is 5.69 Å². The number of nitro benzene ring substituents is 1. The molecule has 2 aliphatic heterocycles. The van der Waals surface area contributed by atoms with E-state index < -0.39 is 45.8 Å². The van der Waals surface area contributed by atoms with Crippen molar-refractivity contribution in [3.63, 3.8) is 0 Å². The van der Waals surface area contributed by atoms with Gasteiger partial charge in [-0.3, -0.25) is 19.8 Å². The Balaban J connectivity index is 1.51. The smallest absolute Gasteiger partial charge is 0.276 e.